The molecule has 0 unspecified atom stereocenters. The number of benzene rings is 1. The molecule has 0 radical (unpaired) electrons. The minimum Gasteiger partial charge on any atom is -0.321 e. The Kier molecular flexibility index (Phi) is 5.15. The molecule has 0 aliphatic rings. The number of hydrogen-bond donors (Lipinski definition) is 2. The van der Waals surface area contributed by atoms with Gasteiger partial charge in [-0.25, -0.2) is 0 Å². The van der Waals surface area contributed by atoms with Crippen molar-refractivity contribution in [2.75, 3.05) is 11.9 Å². The Hall–Kier alpha value is -2.09. The van der Waals surface area contributed by atoms with Crippen LogP contribution in [0.1, 0.15) is 39.9 Å². The second-order valence-electron chi connectivity index (χ2n) is 4.90. The Bertz CT molecular complexity index is 675. The largest absolute Gasteiger partial charge is 0.321 e. The van der Waals surface area contributed by atoms with Gasteiger partial charge in [-0.05, 0) is 35.7 Å². The molecule has 0 atom stereocenters. The minimum absolute atomic E-state index is 0.113. The predicted molar refractivity (Wildman–Crippen MR) is 88.7 cm³/mol. The first-order chi connectivity index (χ1) is 10.1. The van der Waals surface area contributed by atoms with Crippen LogP contribution in [0, 0.1) is 11.8 Å². The van der Waals surface area contributed by atoms with Crippen LogP contribution in [0.5, 0.6) is 0 Å². The summed E-state index contributed by atoms with van der Waals surface area (Å²) in [5, 5.41) is 2.89. The smallest absolute Gasteiger partial charge is 0.265 e. The summed E-state index contributed by atoms with van der Waals surface area (Å²) in [5.74, 6) is 6.08. The van der Waals surface area contributed by atoms with Gasteiger partial charge in [-0.15, -0.1) is 11.3 Å². The van der Waals surface area contributed by atoms with E-state index in [0.717, 1.165) is 10.6 Å². The molecular weight excluding hydrogens is 280 g/mol. The molecule has 0 spiro atoms. The third-order valence-electron chi connectivity index (χ3n) is 2.98. The molecule has 4 heteroatoms. The van der Waals surface area contributed by atoms with Crippen LogP contribution in [0.25, 0.3) is 0 Å². The van der Waals surface area contributed by atoms with Crippen LogP contribution in [0.3, 0.4) is 0 Å². The van der Waals surface area contributed by atoms with Crippen LogP contribution in [0.4, 0.5) is 5.69 Å². The van der Waals surface area contributed by atoms with Crippen molar-refractivity contribution < 1.29 is 4.79 Å². The lowest BCUT2D eigenvalue weighted by atomic mass is 10.0. The molecule has 3 nitrogen and oxygen atoms in total. The standard InChI is InChI=1S/C17H18N2OS/c1-12(2)13-5-7-14(8-6-13)19-17(20)16-10-9-15(21-16)4-3-11-18/h5-10,12H,11,18H2,1-2H3,(H,19,20). The molecule has 21 heavy (non-hydrogen) atoms. The number of hydrogen-bond acceptors (Lipinski definition) is 3. The van der Waals surface area contributed by atoms with Crippen molar-refractivity contribution in [3.05, 3.63) is 51.7 Å². The van der Waals surface area contributed by atoms with Gasteiger partial charge in [0.05, 0.1) is 16.3 Å². The molecule has 0 aliphatic carbocycles. The van der Waals surface area contributed by atoms with E-state index in [9.17, 15) is 4.79 Å². The zero-order valence-electron chi connectivity index (χ0n) is 12.1. The quantitative estimate of drug-likeness (QED) is 0.853. The summed E-state index contributed by atoms with van der Waals surface area (Å²) in [6.07, 6.45) is 0. The maximum Gasteiger partial charge on any atom is 0.265 e. The summed E-state index contributed by atoms with van der Waals surface area (Å²) in [4.78, 5) is 13.6. The van der Waals surface area contributed by atoms with E-state index in [2.05, 4.69) is 31.0 Å². The maximum absolute atomic E-state index is 12.1. The fraction of sp³-hybridized carbons (Fsp3) is 0.235. The van der Waals surface area contributed by atoms with Gasteiger partial charge in [0.2, 0.25) is 0 Å². The van der Waals surface area contributed by atoms with Gasteiger partial charge in [0.25, 0.3) is 5.91 Å². The van der Waals surface area contributed by atoms with E-state index in [4.69, 9.17) is 5.73 Å². The van der Waals surface area contributed by atoms with Gasteiger partial charge in [-0.3, -0.25) is 4.79 Å². The van der Waals surface area contributed by atoms with Crippen molar-refractivity contribution in [2.45, 2.75) is 19.8 Å². The first kappa shape index (κ1) is 15.3. The number of nitrogens with one attached hydrogen (secondary N) is 1. The third kappa shape index (κ3) is 4.19. The Morgan fingerprint density at radius 3 is 2.57 bits per heavy atom. The number of rotatable bonds is 3. The van der Waals surface area contributed by atoms with Crippen LogP contribution in [-0.4, -0.2) is 12.5 Å². The maximum atomic E-state index is 12.1. The highest BCUT2D eigenvalue weighted by molar-refractivity contribution is 7.14. The van der Waals surface area contributed by atoms with Crippen molar-refractivity contribution in [3.8, 4) is 11.8 Å². The molecule has 1 amide bonds. The zero-order chi connectivity index (χ0) is 15.2. The lowest BCUT2D eigenvalue weighted by Gasteiger charge is -2.07. The van der Waals surface area contributed by atoms with E-state index in [1.54, 1.807) is 6.07 Å². The minimum atomic E-state index is -0.113. The summed E-state index contributed by atoms with van der Waals surface area (Å²) in [6.45, 7) is 4.61. The molecule has 0 fully saturated rings. The number of carbonyl (C=O) groups excluding carboxylic acids is 1. The summed E-state index contributed by atoms with van der Waals surface area (Å²) in [6, 6.07) is 11.5. The molecule has 1 heterocycles. The first-order valence-corrected chi connectivity index (χ1v) is 7.62. The lowest BCUT2D eigenvalue weighted by molar-refractivity contribution is 0.103. The number of anilines is 1. The van der Waals surface area contributed by atoms with E-state index in [1.807, 2.05) is 30.3 Å². The highest BCUT2D eigenvalue weighted by Crippen LogP contribution is 2.20. The van der Waals surface area contributed by atoms with Gasteiger partial charge in [-0.2, -0.15) is 0 Å². The van der Waals surface area contributed by atoms with Gasteiger partial charge in [0.15, 0.2) is 0 Å². The molecule has 0 saturated carbocycles. The molecule has 3 N–H and O–H groups in total. The van der Waals surface area contributed by atoms with Crippen LogP contribution >= 0.6 is 11.3 Å². The van der Waals surface area contributed by atoms with E-state index >= 15 is 0 Å². The highest BCUT2D eigenvalue weighted by Gasteiger charge is 2.09. The van der Waals surface area contributed by atoms with Gasteiger partial charge in [0, 0.05) is 5.69 Å². The second-order valence-corrected chi connectivity index (χ2v) is 5.98. The average Bonchev–Trinajstić information content (AvgIpc) is 2.94. The van der Waals surface area contributed by atoms with E-state index in [1.165, 1.54) is 16.9 Å². The zero-order valence-corrected chi connectivity index (χ0v) is 13.0. The van der Waals surface area contributed by atoms with Crippen LogP contribution in [-0.2, 0) is 0 Å². The van der Waals surface area contributed by atoms with Crippen LogP contribution in [0.15, 0.2) is 36.4 Å². The average molecular weight is 298 g/mol. The van der Waals surface area contributed by atoms with Crippen molar-refractivity contribution in [1.82, 2.24) is 0 Å². The van der Waals surface area contributed by atoms with Crippen LogP contribution in [0.2, 0.25) is 0 Å². The molecular formula is C17H18N2OS. The van der Waals surface area contributed by atoms with Crippen LogP contribution < -0.4 is 11.1 Å². The molecule has 0 aliphatic heterocycles. The molecule has 108 valence electrons. The van der Waals surface area contributed by atoms with Gasteiger partial charge < -0.3 is 11.1 Å². The van der Waals surface area contributed by atoms with Crippen molar-refractivity contribution in [2.24, 2.45) is 5.73 Å². The molecule has 2 rings (SSSR count). The fourth-order valence-electron chi connectivity index (χ4n) is 1.81. The summed E-state index contributed by atoms with van der Waals surface area (Å²) < 4.78 is 0. The topological polar surface area (TPSA) is 55.1 Å². The van der Waals surface area contributed by atoms with Crippen molar-refractivity contribution in [3.63, 3.8) is 0 Å². The second kappa shape index (κ2) is 7.07. The summed E-state index contributed by atoms with van der Waals surface area (Å²) in [7, 11) is 0. The SMILES string of the molecule is CC(C)c1ccc(NC(=O)c2ccc(C#CCN)s2)cc1. The number of thiophene rings is 1. The number of amides is 1. The highest BCUT2D eigenvalue weighted by atomic mass is 32.1. The number of nitrogens with two attached hydrogens (primary N) is 1. The first-order valence-electron chi connectivity index (χ1n) is 6.80. The van der Waals surface area contributed by atoms with Crippen molar-refractivity contribution in [1.29, 1.82) is 0 Å². The molecule has 1 aromatic heterocycles. The fourth-order valence-corrected chi connectivity index (χ4v) is 2.59. The van der Waals surface area contributed by atoms with Gasteiger partial charge in [0.1, 0.15) is 0 Å². The Morgan fingerprint density at radius 2 is 1.95 bits per heavy atom. The molecule has 0 bridgehead atoms. The summed E-state index contributed by atoms with van der Waals surface area (Å²) in [5.41, 5.74) is 7.38. The Labute approximate surface area is 129 Å². The predicted octanol–water partition coefficient (Wildman–Crippen LogP) is 3.43. The Balaban J connectivity index is 2.05. The van der Waals surface area contributed by atoms with E-state index in [0.29, 0.717) is 17.3 Å². The van der Waals surface area contributed by atoms with Crippen molar-refractivity contribution >= 4 is 22.9 Å². The van der Waals surface area contributed by atoms with Gasteiger partial charge >= 0.3 is 0 Å². The summed E-state index contributed by atoms with van der Waals surface area (Å²) >= 11 is 1.37. The van der Waals surface area contributed by atoms with E-state index < -0.39 is 0 Å². The third-order valence-corrected chi connectivity index (χ3v) is 3.98. The number of carbonyl (C=O) groups is 1. The van der Waals surface area contributed by atoms with E-state index in [-0.39, 0.29) is 5.91 Å². The lowest BCUT2D eigenvalue weighted by Crippen LogP contribution is -2.09. The molecule has 2 aromatic rings. The normalized spacial score (nSPS) is 10.1. The molecule has 0 saturated heterocycles. The molecule has 1 aromatic carbocycles. The van der Waals surface area contributed by atoms with Gasteiger partial charge in [-0.1, -0.05) is 37.8 Å². The Morgan fingerprint density at radius 1 is 1.24 bits per heavy atom. The monoisotopic (exact) mass is 298 g/mol.